The maximum atomic E-state index is 13.6. The van der Waals surface area contributed by atoms with Gasteiger partial charge in [0.1, 0.15) is 30.2 Å². The fourth-order valence-corrected chi connectivity index (χ4v) is 5.08. The van der Waals surface area contributed by atoms with E-state index < -0.39 is 96.7 Å². The Labute approximate surface area is 291 Å². The fraction of sp³-hybridized carbons (Fsp3) is 0.733. The average Bonchev–Trinajstić information content (AvgIpc) is 3.55. The topological polar surface area (TPSA) is 340 Å². The lowest BCUT2D eigenvalue weighted by atomic mass is 10.0. The summed E-state index contributed by atoms with van der Waals surface area (Å²) in [5, 5.41) is 31.3. The van der Waals surface area contributed by atoms with Crippen LogP contribution in [0, 0.1) is 5.92 Å². The zero-order valence-corrected chi connectivity index (χ0v) is 29.0. The number of unbranched alkanes of at least 4 members (excludes halogenated alkanes) is 1. The summed E-state index contributed by atoms with van der Waals surface area (Å²) in [5.74, 6) is -5.94. The smallest absolute Gasteiger partial charge is 0.326 e. The number of amides is 6. The molecule has 284 valence electrons. The summed E-state index contributed by atoms with van der Waals surface area (Å²) in [6, 6.07) is -6.71. The third-order valence-electron chi connectivity index (χ3n) is 7.94. The van der Waals surface area contributed by atoms with Crippen molar-refractivity contribution in [3.63, 3.8) is 0 Å². The quantitative estimate of drug-likeness (QED) is 0.0286. The second-order valence-corrected chi connectivity index (χ2v) is 12.4. The minimum absolute atomic E-state index is 0.0935. The van der Waals surface area contributed by atoms with Crippen LogP contribution >= 0.6 is 0 Å². The van der Waals surface area contributed by atoms with Gasteiger partial charge in [-0.1, -0.05) is 13.8 Å². The van der Waals surface area contributed by atoms with Crippen molar-refractivity contribution >= 4 is 47.4 Å². The van der Waals surface area contributed by atoms with Crippen LogP contribution in [-0.2, 0) is 33.6 Å². The summed E-state index contributed by atoms with van der Waals surface area (Å²) in [5.41, 5.74) is 21.9. The largest absolute Gasteiger partial charge is 0.480 e. The predicted octanol–water partition coefficient (Wildman–Crippen LogP) is -4.70. The first-order chi connectivity index (χ1) is 23.5. The second-order valence-electron chi connectivity index (χ2n) is 12.4. The number of nitrogens with two attached hydrogens (primary N) is 4. The Morgan fingerprint density at radius 1 is 0.880 bits per heavy atom. The fourth-order valence-electron chi connectivity index (χ4n) is 5.08. The van der Waals surface area contributed by atoms with Gasteiger partial charge in [0, 0.05) is 13.1 Å². The molecule has 20 heteroatoms. The van der Waals surface area contributed by atoms with Crippen LogP contribution in [0.5, 0.6) is 0 Å². The number of nitrogens with zero attached hydrogens (tertiary/aromatic N) is 2. The lowest BCUT2D eigenvalue weighted by molar-refractivity contribution is -0.145. The molecular formula is C30H55N11O9. The van der Waals surface area contributed by atoms with Gasteiger partial charge in [-0.2, -0.15) is 0 Å². The number of carbonyl (C=O) groups is 7. The minimum Gasteiger partial charge on any atom is -0.480 e. The lowest BCUT2D eigenvalue weighted by Crippen LogP contribution is -2.57. The first-order valence-corrected chi connectivity index (χ1v) is 16.7. The first-order valence-electron chi connectivity index (χ1n) is 16.7. The number of hydrogen-bond donors (Lipinski definition) is 11. The molecule has 1 fully saturated rings. The number of carbonyl (C=O) groups excluding carboxylic acids is 6. The van der Waals surface area contributed by atoms with Crippen LogP contribution in [-0.4, -0.2) is 132 Å². The van der Waals surface area contributed by atoms with Crippen LogP contribution in [0.25, 0.3) is 0 Å². The maximum absolute atomic E-state index is 13.6. The SMILES string of the molecule is CC(NC(=O)C(N)CCCN=C(N)N)C(=O)NC(CO)C(=O)NCC(=O)NC(CCCCN)C(=O)N1CCCC1C(=O)NC(C(=O)O)C(C)C. The number of aliphatic carboxylic acids is 1. The van der Waals surface area contributed by atoms with Crippen LogP contribution in [0.4, 0.5) is 0 Å². The van der Waals surface area contributed by atoms with Gasteiger partial charge in [0.15, 0.2) is 5.96 Å². The van der Waals surface area contributed by atoms with E-state index in [1.54, 1.807) is 13.8 Å². The Kier molecular flexibility index (Phi) is 19.3. The van der Waals surface area contributed by atoms with Crippen molar-refractivity contribution in [1.29, 1.82) is 0 Å². The molecule has 0 aliphatic carbocycles. The third kappa shape index (κ3) is 14.9. The number of guanidine groups is 1. The Hall–Kier alpha value is -4.56. The zero-order chi connectivity index (χ0) is 38.0. The molecular weight excluding hydrogens is 658 g/mol. The lowest BCUT2D eigenvalue weighted by Gasteiger charge is -2.30. The Bertz CT molecular complexity index is 1210. The molecule has 0 saturated carbocycles. The summed E-state index contributed by atoms with van der Waals surface area (Å²) in [4.78, 5) is 93.9. The molecule has 0 bridgehead atoms. The molecule has 20 nitrogen and oxygen atoms in total. The van der Waals surface area contributed by atoms with Gasteiger partial charge in [-0.05, 0) is 64.3 Å². The van der Waals surface area contributed by atoms with Crippen molar-refractivity contribution < 1.29 is 43.8 Å². The van der Waals surface area contributed by atoms with Gasteiger partial charge in [0.05, 0.1) is 19.2 Å². The normalized spacial score (nSPS) is 17.0. The Balaban J connectivity index is 2.79. The number of likely N-dealkylation sites (tertiary alicyclic amines) is 1. The monoisotopic (exact) mass is 713 g/mol. The molecule has 6 unspecified atom stereocenters. The molecule has 1 rings (SSSR count). The molecule has 1 saturated heterocycles. The Morgan fingerprint density at radius 3 is 2.14 bits per heavy atom. The van der Waals surface area contributed by atoms with Crippen LogP contribution in [0.3, 0.4) is 0 Å². The highest BCUT2D eigenvalue weighted by Gasteiger charge is 2.39. The maximum Gasteiger partial charge on any atom is 0.326 e. The van der Waals surface area contributed by atoms with Gasteiger partial charge in [0.2, 0.25) is 35.4 Å². The molecule has 6 amide bonds. The molecule has 0 radical (unpaired) electrons. The van der Waals surface area contributed by atoms with Crippen molar-refractivity contribution in [1.82, 2.24) is 31.5 Å². The molecule has 1 heterocycles. The number of aliphatic hydroxyl groups excluding tert-OH is 1. The standard InChI is InChI=1S/C30H55N11O9/c1-16(2)23(29(49)50)40-27(47)21-10-7-13-41(21)28(48)19(9-4-5-11-31)38-22(43)14-36-26(46)20(15-42)39-24(44)17(3)37-25(45)18(32)8-6-12-35-30(33)34/h16-21,23,42H,4-15,31-32H2,1-3H3,(H,36,46)(H,37,45)(H,38,43)(H,39,44)(H,40,47)(H,49,50)(H4,33,34,35). The number of aliphatic imine (C=N–C) groups is 1. The zero-order valence-electron chi connectivity index (χ0n) is 29.0. The van der Waals surface area contributed by atoms with Crippen molar-refractivity contribution in [3.05, 3.63) is 0 Å². The van der Waals surface area contributed by atoms with E-state index in [-0.39, 0.29) is 31.9 Å². The summed E-state index contributed by atoms with van der Waals surface area (Å²) in [7, 11) is 0. The highest BCUT2D eigenvalue weighted by molar-refractivity contribution is 5.96. The number of nitrogens with one attached hydrogen (secondary N) is 5. The van der Waals surface area contributed by atoms with Crippen molar-refractivity contribution in [2.24, 2.45) is 33.8 Å². The van der Waals surface area contributed by atoms with Gasteiger partial charge < -0.3 is 64.6 Å². The molecule has 15 N–H and O–H groups in total. The van der Waals surface area contributed by atoms with E-state index in [0.29, 0.717) is 38.6 Å². The highest BCUT2D eigenvalue weighted by atomic mass is 16.4. The Morgan fingerprint density at radius 2 is 1.56 bits per heavy atom. The second kappa shape index (κ2) is 22.2. The summed E-state index contributed by atoms with van der Waals surface area (Å²) in [6.45, 7) is 4.03. The number of aliphatic hydroxyl groups is 1. The van der Waals surface area contributed by atoms with E-state index in [4.69, 9.17) is 22.9 Å². The van der Waals surface area contributed by atoms with Crippen molar-refractivity contribution in [2.75, 3.05) is 32.8 Å². The number of hydrogen-bond acceptors (Lipinski definition) is 11. The van der Waals surface area contributed by atoms with Crippen LogP contribution in [0.2, 0.25) is 0 Å². The number of carboxylic acids is 1. The molecule has 50 heavy (non-hydrogen) atoms. The molecule has 0 spiro atoms. The van der Waals surface area contributed by atoms with Gasteiger partial charge >= 0.3 is 5.97 Å². The van der Waals surface area contributed by atoms with Gasteiger partial charge in [-0.15, -0.1) is 0 Å². The van der Waals surface area contributed by atoms with Crippen LogP contribution < -0.4 is 49.5 Å². The molecule has 6 atom stereocenters. The van der Waals surface area contributed by atoms with Crippen LogP contribution in [0.15, 0.2) is 4.99 Å². The average molecular weight is 714 g/mol. The van der Waals surface area contributed by atoms with E-state index in [0.717, 1.165) is 0 Å². The van der Waals surface area contributed by atoms with E-state index >= 15 is 0 Å². The van der Waals surface area contributed by atoms with E-state index in [2.05, 4.69) is 31.6 Å². The first kappa shape index (κ1) is 43.5. The molecule has 0 aromatic rings. The van der Waals surface area contributed by atoms with E-state index in [1.165, 1.54) is 11.8 Å². The highest BCUT2D eigenvalue weighted by Crippen LogP contribution is 2.20. The third-order valence-corrected chi connectivity index (χ3v) is 7.94. The predicted molar refractivity (Wildman–Crippen MR) is 181 cm³/mol. The molecule has 0 aromatic carbocycles. The summed E-state index contributed by atoms with van der Waals surface area (Å²) < 4.78 is 0. The summed E-state index contributed by atoms with van der Waals surface area (Å²) in [6.07, 6.45) is 2.66. The number of carboxylic acid groups (broad SMARTS) is 1. The van der Waals surface area contributed by atoms with Crippen molar-refractivity contribution in [2.45, 2.75) is 102 Å². The van der Waals surface area contributed by atoms with Gasteiger partial charge in [0.25, 0.3) is 0 Å². The van der Waals surface area contributed by atoms with Crippen molar-refractivity contribution in [3.8, 4) is 0 Å². The number of rotatable bonds is 22. The van der Waals surface area contributed by atoms with E-state index in [1.807, 2.05) is 0 Å². The molecule has 1 aliphatic rings. The van der Waals surface area contributed by atoms with Gasteiger partial charge in [-0.3, -0.25) is 33.8 Å². The van der Waals surface area contributed by atoms with Crippen LogP contribution in [0.1, 0.15) is 65.7 Å². The van der Waals surface area contributed by atoms with Gasteiger partial charge in [-0.25, -0.2) is 4.79 Å². The molecule has 0 aromatic heterocycles. The minimum atomic E-state index is -1.48. The summed E-state index contributed by atoms with van der Waals surface area (Å²) >= 11 is 0. The molecule has 1 aliphatic heterocycles. The van der Waals surface area contributed by atoms with E-state index in [9.17, 15) is 43.8 Å².